The Morgan fingerprint density at radius 2 is 1.70 bits per heavy atom. The van der Waals surface area contributed by atoms with E-state index in [2.05, 4.69) is 4.98 Å². The molecule has 1 heterocycles. The third-order valence-corrected chi connectivity index (χ3v) is 4.28. The number of hydrogen-bond acceptors (Lipinski definition) is 6. The first-order valence-corrected chi connectivity index (χ1v) is 9.12. The van der Waals surface area contributed by atoms with Crippen molar-refractivity contribution in [1.82, 2.24) is 9.55 Å². The van der Waals surface area contributed by atoms with Crippen LogP contribution in [0.3, 0.4) is 0 Å². The lowest BCUT2D eigenvalue weighted by Crippen LogP contribution is -2.32. The van der Waals surface area contributed by atoms with Gasteiger partial charge in [0.1, 0.15) is 17.1 Å². The van der Waals surface area contributed by atoms with Crippen LogP contribution in [0.4, 0.5) is 0 Å². The summed E-state index contributed by atoms with van der Waals surface area (Å²) in [6.45, 7) is 2.31. The Labute approximate surface area is 171 Å². The van der Waals surface area contributed by atoms with Crippen LogP contribution in [0.2, 0.25) is 0 Å². The van der Waals surface area contributed by atoms with E-state index >= 15 is 0 Å². The van der Waals surface area contributed by atoms with Crippen molar-refractivity contribution in [1.29, 1.82) is 0 Å². The fourth-order valence-electron chi connectivity index (χ4n) is 2.82. The maximum absolute atomic E-state index is 12.6. The number of nitrogens with zero attached hydrogens (tertiary/aromatic N) is 1. The van der Waals surface area contributed by atoms with Crippen molar-refractivity contribution in [2.75, 3.05) is 13.7 Å². The van der Waals surface area contributed by atoms with E-state index in [4.69, 9.17) is 9.47 Å². The Morgan fingerprint density at radius 3 is 2.30 bits per heavy atom. The molecule has 30 heavy (non-hydrogen) atoms. The molecule has 0 aliphatic carbocycles. The molecule has 1 aromatic heterocycles. The number of methoxy groups -OCH3 is 1. The van der Waals surface area contributed by atoms with Gasteiger partial charge in [-0.15, -0.1) is 0 Å². The van der Waals surface area contributed by atoms with Crippen molar-refractivity contribution in [2.45, 2.75) is 6.92 Å². The molecule has 2 aromatic carbocycles. The van der Waals surface area contributed by atoms with E-state index in [0.29, 0.717) is 23.7 Å². The lowest BCUT2D eigenvalue weighted by molar-refractivity contribution is 0.104. The Balaban J connectivity index is 1.97. The molecule has 0 fully saturated rings. The van der Waals surface area contributed by atoms with Crippen molar-refractivity contribution >= 4 is 11.9 Å². The van der Waals surface area contributed by atoms with Crippen LogP contribution in [0.15, 0.2) is 64.2 Å². The van der Waals surface area contributed by atoms with Crippen molar-refractivity contribution in [3.05, 3.63) is 86.6 Å². The summed E-state index contributed by atoms with van der Waals surface area (Å²) in [6.07, 6.45) is 2.64. The van der Waals surface area contributed by atoms with E-state index in [0.717, 1.165) is 10.6 Å². The van der Waals surface area contributed by atoms with Gasteiger partial charge in [0, 0.05) is 0 Å². The van der Waals surface area contributed by atoms with Crippen LogP contribution in [-0.4, -0.2) is 34.2 Å². The molecular formula is C22H20N2O6. The predicted molar refractivity (Wildman–Crippen MR) is 112 cm³/mol. The van der Waals surface area contributed by atoms with Gasteiger partial charge in [0.2, 0.25) is 5.88 Å². The van der Waals surface area contributed by atoms with Crippen molar-refractivity contribution in [3.8, 4) is 23.1 Å². The minimum Gasteiger partial charge on any atom is -0.497 e. The van der Waals surface area contributed by atoms with E-state index in [1.165, 1.54) is 18.2 Å². The Kier molecular flexibility index (Phi) is 6.17. The zero-order chi connectivity index (χ0) is 21.7. The van der Waals surface area contributed by atoms with Gasteiger partial charge in [-0.1, -0.05) is 18.2 Å². The molecule has 3 aromatic rings. The van der Waals surface area contributed by atoms with E-state index in [1.807, 2.05) is 6.92 Å². The fourth-order valence-corrected chi connectivity index (χ4v) is 2.82. The van der Waals surface area contributed by atoms with Crippen molar-refractivity contribution in [3.63, 3.8) is 0 Å². The molecule has 0 amide bonds. The van der Waals surface area contributed by atoms with E-state index < -0.39 is 28.5 Å². The molecule has 8 nitrogen and oxygen atoms in total. The maximum Gasteiger partial charge on any atom is 0.335 e. The van der Waals surface area contributed by atoms with Crippen LogP contribution >= 0.6 is 0 Å². The molecule has 2 N–H and O–H groups in total. The maximum atomic E-state index is 12.6. The molecule has 0 radical (unpaired) electrons. The molecule has 0 saturated carbocycles. The van der Waals surface area contributed by atoms with Gasteiger partial charge in [-0.3, -0.25) is 14.6 Å². The topological polar surface area (TPSA) is 111 Å². The van der Waals surface area contributed by atoms with E-state index in [9.17, 15) is 19.5 Å². The molecule has 0 aliphatic rings. The van der Waals surface area contributed by atoms with Gasteiger partial charge in [0.05, 0.1) is 19.4 Å². The zero-order valence-electron chi connectivity index (χ0n) is 16.4. The summed E-state index contributed by atoms with van der Waals surface area (Å²) < 4.78 is 11.3. The number of nitrogens with one attached hydrogen (secondary N) is 1. The van der Waals surface area contributed by atoms with Gasteiger partial charge in [0.25, 0.3) is 5.56 Å². The van der Waals surface area contributed by atoms with Gasteiger partial charge >= 0.3 is 5.69 Å². The minimum absolute atomic E-state index is 0.269. The molecule has 0 aliphatic heterocycles. The molecule has 0 saturated heterocycles. The predicted octanol–water partition coefficient (Wildman–Crippen LogP) is 2.53. The number of aromatic amines is 1. The number of aromatic nitrogens is 2. The number of rotatable bonds is 7. The monoisotopic (exact) mass is 408 g/mol. The summed E-state index contributed by atoms with van der Waals surface area (Å²) in [5.74, 6) is -0.242. The summed E-state index contributed by atoms with van der Waals surface area (Å²) in [7, 11) is 1.54. The molecule has 154 valence electrons. The highest BCUT2D eigenvalue weighted by Crippen LogP contribution is 2.20. The Morgan fingerprint density at radius 1 is 1.07 bits per heavy atom. The van der Waals surface area contributed by atoms with Gasteiger partial charge < -0.3 is 14.6 Å². The highest BCUT2D eigenvalue weighted by atomic mass is 16.5. The quantitative estimate of drug-likeness (QED) is 0.459. The number of ketones is 1. The SMILES string of the molecule is CCOc1ccc(-n2c(O)c(C(=O)/C=C/c3ccc(OC)cc3)c(=O)[nH]c2=O)cc1. The van der Waals surface area contributed by atoms with Crippen LogP contribution in [-0.2, 0) is 0 Å². The van der Waals surface area contributed by atoms with Crippen molar-refractivity contribution < 1.29 is 19.4 Å². The summed E-state index contributed by atoms with van der Waals surface area (Å²) in [5.41, 5.74) is -1.40. The number of carbonyl (C=O) groups excluding carboxylic acids is 1. The van der Waals surface area contributed by atoms with Crippen LogP contribution in [0.25, 0.3) is 11.8 Å². The number of carbonyl (C=O) groups is 1. The number of aromatic hydroxyl groups is 1. The largest absolute Gasteiger partial charge is 0.497 e. The third-order valence-electron chi connectivity index (χ3n) is 4.28. The lowest BCUT2D eigenvalue weighted by Gasteiger charge is -2.11. The molecule has 0 atom stereocenters. The first-order chi connectivity index (χ1) is 14.4. The van der Waals surface area contributed by atoms with Gasteiger partial charge in [-0.25, -0.2) is 9.36 Å². The first-order valence-electron chi connectivity index (χ1n) is 9.12. The summed E-state index contributed by atoms with van der Waals surface area (Å²) in [5, 5.41) is 10.6. The van der Waals surface area contributed by atoms with E-state index in [1.54, 1.807) is 43.5 Å². The summed E-state index contributed by atoms with van der Waals surface area (Å²) in [6, 6.07) is 13.2. The first kappa shape index (κ1) is 20.7. The molecular weight excluding hydrogens is 388 g/mol. The molecule has 0 spiro atoms. The van der Waals surface area contributed by atoms with Gasteiger partial charge in [-0.2, -0.15) is 0 Å². The zero-order valence-corrected chi connectivity index (χ0v) is 16.4. The second-order valence-electron chi connectivity index (χ2n) is 6.19. The number of ether oxygens (including phenoxy) is 2. The average Bonchev–Trinajstić information content (AvgIpc) is 2.73. The molecule has 0 unspecified atom stereocenters. The Hall–Kier alpha value is -4.07. The van der Waals surface area contributed by atoms with Crippen LogP contribution in [0.5, 0.6) is 17.4 Å². The van der Waals surface area contributed by atoms with Crippen LogP contribution in [0, 0.1) is 0 Å². The highest BCUT2D eigenvalue weighted by Gasteiger charge is 2.20. The molecule has 3 rings (SSSR count). The van der Waals surface area contributed by atoms with Crippen LogP contribution in [0.1, 0.15) is 22.8 Å². The standard InChI is InChI=1S/C22H20N2O6/c1-3-30-17-11-7-15(8-12-17)24-21(27)19(20(26)23-22(24)28)18(25)13-6-14-4-9-16(29-2)10-5-14/h4-13,27H,3H2,1-2H3,(H,23,26,28)/b13-6+. The number of allylic oxidation sites excluding steroid dienone is 1. The Bertz CT molecular complexity index is 1190. The van der Waals surface area contributed by atoms with Gasteiger partial charge in [0.15, 0.2) is 5.78 Å². The molecule has 8 heteroatoms. The lowest BCUT2D eigenvalue weighted by atomic mass is 10.1. The minimum atomic E-state index is -0.968. The second-order valence-corrected chi connectivity index (χ2v) is 6.19. The number of H-pyrrole nitrogens is 1. The highest BCUT2D eigenvalue weighted by molar-refractivity contribution is 6.08. The second kappa shape index (κ2) is 8.95. The van der Waals surface area contributed by atoms with Gasteiger partial charge in [-0.05, 0) is 55.0 Å². The van der Waals surface area contributed by atoms with Crippen LogP contribution < -0.4 is 20.7 Å². The van der Waals surface area contributed by atoms with Crippen molar-refractivity contribution in [2.24, 2.45) is 0 Å². The third kappa shape index (κ3) is 4.33. The smallest absolute Gasteiger partial charge is 0.335 e. The molecule has 0 bridgehead atoms. The summed E-state index contributed by atoms with van der Waals surface area (Å²) in [4.78, 5) is 39.1. The number of hydrogen-bond donors (Lipinski definition) is 2. The fraction of sp³-hybridized carbons (Fsp3) is 0.136. The normalized spacial score (nSPS) is 10.9. The number of benzene rings is 2. The van der Waals surface area contributed by atoms with E-state index in [-0.39, 0.29) is 5.69 Å². The average molecular weight is 408 g/mol. The summed E-state index contributed by atoms with van der Waals surface area (Å²) >= 11 is 0.